The quantitative estimate of drug-likeness (QED) is 0.713. The maximum atomic E-state index is 13.5. The summed E-state index contributed by atoms with van der Waals surface area (Å²) in [5.74, 6) is -3.15. The summed E-state index contributed by atoms with van der Waals surface area (Å²) in [6.07, 6.45) is -4.84. The minimum Gasteiger partial charge on any atom is -0.352 e. The largest absolute Gasteiger partial charge is 0.412 e. The van der Waals surface area contributed by atoms with Crippen LogP contribution < -0.4 is 10.6 Å². The number of hydrogen-bond donors (Lipinski definition) is 2. The Morgan fingerprint density at radius 2 is 1.93 bits per heavy atom. The maximum absolute atomic E-state index is 13.5. The van der Waals surface area contributed by atoms with Crippen LogP contribution in [0.4, 0.5) is 13.2 Å². The molecule has 2 unspecified atom stereocenters. The van der Waals surface area contributed by atoms with Crippen molar-refractivity contribution in [1.82, 2.24) is 15.5 Å². The number of rotatable bonds is 3. The molecule has 0 saturated carbocycles. The molecule has 3 amide bonds. The van der Waals surface area contributed by atoms with Crippen molar-refractivity contribution in [3.63, 3.8) is 0 Å². The maximum Gasteiger partial charge on any atom is 0.412 e. The number of piperazine rings is 1. The molecule has 2 N–H and O–H groups in total. The van der Waals surface area contributed by atoms with E-state index < -0.39 is 36.0 Å². The molecular weight excluding hydrogens is 431 g/mol. The molecule has 11 heteroatoms. The first-order valence-corrected chi connectivity index (χ1v) is 9.69. The zero-order valence-electron chi connectivity index (χ0n) is 14.7. The van der Waals surface area contributed by atoms with Crippen LogP contribution in [0.25, 0.3) is 0 Å². The molecule has 3 rings (SSSR count). The molecule has 2 aromatic rings. The molecule has 1 aromatic heterocycles. The van der Waals surface area contributed by atoms with Crippen LogP contribution in [0, 0.1) is 0 Å². The molecule has 1 aromatic carbocycles. The van der Waals surface area contributed by atoms with E-state index in [4.69, 9.17) is 11.6 Å². The van der Waals surface area contributed by atoms with Gasteiger partial charge in [0.1, 0.15) is 6.04 Å². The summed E-state index contributed by atoms with van der Waals surface area (Å²) in [6, 6.07) is 4.57. The second-order valence-corrected chi connectivity index (χ2v) is 7.62. The van der Waals surface area contributed by atoms with Gasteiger partial charge in [-0.25, -0.2) is 0 Å². The molecule has 0 bridgehead atoms. The Hall–Kier alpha value is -2.59. The van der Waals surface area contributed by atoms with Gasteiger partial charge in [0.05, 0.1) is 0 Å². The van der Waals surface area contributed by atoms with E-state index in [2.05, 4.69) is 5.32 Å². The third-order valence-electron chi connectivity index (χ3n) is 4.29. The average Bonchev–Trinajstić information content (AvgIpc) is 3.19. The summed E-state index contributed by atoms with van der Waals surface area (Å²) >= 11 is 6.90. The number of amides is 3. The lowest BCUT2D eigenvalue weighted by Crippen LogP contribution is -2.56. The fraction of sp³-hybridized carbons (Fsp3) is 0.278. The van der Waals surface area contributed by atoms with E-state index in [0.717, 1.165) is 17.0 Å². The van der Waals surface area contributed by atoms with E-state index >= 15 is 0 Å². The number of halogens is 4. The summed E-state index contributed by atoms with van der Waals surface area (Å²) in [7, 11) is 0. The molecule has 0 radical (unpaired) electrons. The van der Waals surface area contributed by atoms with E-state index in [0.29, 0.717) is 4.88 Å². The number of benzene rings is 1. The SMILES string of the molecule is O=C(NC(c1ccc(Cl)cc1)C(F)(F)F)C(=O)N1CCNC(=O)C1c1cccs1. The average molecular weight is 446 g/mol. The Morgan fingerprint density at radius 3 is 2.52 bits per heavy atom. The van der Waals surface area contributed by atoms with Gasteiger partial charge in [-0.3, -0.25) is 14.4 Å². The first-order chi connectivity index (χ1) is 13.7. The molecule has 1 aliphatic rings. The predicted molar refractivity (Wildman–Crippen MR) is 100 cm³/mol. The lowest BCUT2D eigenvalue weighted by atomic mass is 10.1. The topological polar surface area (TPSA) is 78.5 Å². The van der Waals surface area contributed by atoms with Crippen molar-refractivity contribution in [3.05, 3.63) is 57.2 Å². The number of carbonyl (C=O) groups excluding carboxylic acids is 3. The Labute approximate surface area is 172 Å². The van der Waals surface area contributed by atoms with E-state index in [9.17, 15) is 27.6 Å². The molecule has 1 aliphatic heterocycles. The standard InChI is InChI=1S/C18H15ClF3N3O3S/c19-11-5-3-10(4-6-11)14(18(20,21)22)24-16(27)17(28)25-8-7-23-15(26)13(25)12-2-1-9-29-12/h1-6,9,13-14H,7-8H2,(H,23,26)(H,24,27). The highest BCUT2D eigenvalue weighted by molar-refractivity contribution is 7.10. The zero-order valence-corrected chi connectivity index (χ0v) is 16.3. The normalized spacial score (nSPS) is 18.1. The Morgan fingerprint density at radius 1 is 1.24 bits per heavy atom. The molecule has 29 heavy (non-hydrogen) atoms. The van der Waals surface area contributed by atoms with Gasteiger partial charge in [0.2, 0.25) is 5.91 Å². The van der Waals surface area contributed by atoms with Crippen LogP contribution in [0.2, 0.25) is 5.02 Å². The second kappa shape index (κ2) is 8.42. The molecule has 2 heterocycles. The fourth-order valence-corrected chi connectivity index (χ4v) is 3.91. The summed E-state index contributed by atoms with van der Waals surface area (Å²) in [5, 5.41) is 6.26. The highest BCUT2D eigenvalue weighted by atomic mass is 35.5. The molecule has 154 valence electrons. The van der Waals surface area contributed by atoms with E-state index in [1.807, 2.05) is 0 Å². The monoisotopic (exact) mass is 445 g/mol. The highest BCUT2D eigenvalue weighted by Crippen LogP contribution is 2.33. The van der Waals surface area contributed by atoms with Crippen LogP contribution in [0.5, 0.6) is 0 Å². The molecule has 0 spiro atoms. The Kier molecular flexibility index (Phi) is 6.13. The fourth-order valence-electron chi connectivity index (χ4n) is 2.95. The number of carbonyl (C=O) groups is 3. The van der Waals surface area contributed by atoms with Gasteiger partial charge >= 0.3 is 18.0 Å². The van der Waals surface area contributed by atoms with Crippen molar-refractivity contribution in [1.29, 1.82) is 0 Å². The minimum atomic E-state index is -4.84. The number of alkyl halides is 3. The lowest BCUT2D eigenvalue weighted by Gasteiger charge is -2.34. The van der Waals surface area contributed by atoms with Gasteiger partial charge in [-0.15, -0.1) is 11.3 Å². The van der Waals surface area contributed by atoms with Crippen molar-refractivity contribution in [2.24, 2.45) is 0 Å². The molecule has 2 atom stereocenters. The van der Waals surface area contributed by atoms with Crippen LogP contribution in [0.15, 0.2) is 41.8 Å². The van der Waals surface area contributed by atoms with Crippen LogP contribution in [-0.4, -0.2) is 41.9 Å². The smallest absolute Gasteiger partial charge is 0.352 e. The number of nitrogens with one attached hydrogen (secondary N) is 2. The first kappa shape index (κ1) is 21.1. The van der Waals surface area contributed by atoms with Crippen molar-refractivity contribution in [2.75, 3.05) is 13.1 Å². The third-order valence-corrected chi connectivity index (χ3v) is 5.46. The molecule has 1 fully saturated rings. The van der Waals surface area contributed by atoms with Gasteiger partial charge in [0.15, 0.2) is 6.04 Å². The van der Waals surface area contributed by atoms with Crippen LogP contribution in [0.3, 0.4) is 0 Å². The van der Waals surface area contributed by atoms with Crippen molar-refractivity contribution in [3.8, 4) is 0 Å². The van der Waals surface area contributed by atoms with E-state index in [-0.39, 0.29) is 23.7 Å². The van der Waals surface area contributed by atoms with Crippen LogP contribution in [0.1, 0.15) is 22.5 Å². The van der Waals surface area contributed by atoms with Gasteiger partial charge in [-0.05, 0) is 29.1 Å². The van der Waals surface area contributed by atoms with Gasteiger partial charge in [0, 0.05) is 23.0 Å². The number of hydrogen-bond acceptors (Lipinski definition) is 4. The summed E-state index contributed by atoms with van der Waals surface area (Å²) in [5.41, 5.74) is -0.269. The molecular formula is C18H15ClF3N3O3S. The van der Waals surface area contributed by atoms with Crippen molar-refractivity contribution in [2.45, 2.75) is 18.3 Å². The van der Waals surface area contributed by atoms with Gasteiger partial charge in [-0.1, -0.05) is 29.8 Å². The first-order valence-electron chi connectivity index (χ1n) is 8.43. The highest BCUT2D eigenvalue weighted by Gasteiger charge is 2.44. The molecule has 6 nitrogen and oxygen atoms in total. The predicted octanol–water partition coefficient (Wildman–Crippen LogP) is 2.82. The van der Waals surface area contributed by atoms with Crippen LogP contribution >= 0.6 is 22.9 Å². The summed E-state index contributed by atoms with van der Waals surface area (Å²) in [6.45, 7) is 0.0950. The third kappa shape index (κ3) is 4.70. The van der Waals surface area contributed by atoms with Gasteiger partial charge in [-0.2, -0.15) is 13.2 Å². The Balaban J connectivity index is 1.83. The van der Waals surface area contributed by atoms with E-state index in [1.165, 1.54) is 23.5 Å². The Bertz CT molecular complexity index is 903. The van der Waals surface area contributed by atoms with Gasteiger partial charge < -0.3 is 15.5 Å². The van der Waals surface area contributed by atoms with E-state index in [1.54, 1.807) is 22.8 Å². The molecule has 0 aliphatic carbocycles. The number of nitrogens with zero attached hydrogens (tertiary/aromatic N) is 1. The van der Waals surface area contributed by atoms with Crippen molar-refractivity contribution < 1.29 is 27.6 Å². The lowest BCUT2D eigenvalue weighted by molar-refractivity contribution is -0.167. The van der Waals surface area contributed by atoms with Crippen molar-refractivity contribution >= 4 is 40.7 Å². The minimum absolute atomic E-state index is 0.00180. The van der Waals surface area contributed by atoms with Gasteiger partial charge in [0.25, 0.3) is 0 Å². The number of thiophene rings is 1. The van der Waals surface area contributed by atoms with Crippen LogP contribution in [-0.2, 0) is 14.4 Å². The summed E-state index contributed by atoms with van der Waals surface area (Å²) < 4.78 is 40.5. The second-order valence-electron chi connectivity index (χ2n) is 6.21. The molecule has 1 saturated heterocycles. The summed E-state index contributed by atoms with van der Waals surface area (Å²) in [4.78, 5) is 38.8. The zero-order chi connectivity index (χ0) is 21.2.